The van der Waals surface area contributed by atoms with Crippen LogP contribution in [0.15, 0.2) is 10.5 Å². The van der Waals surface area contributed by atoms with E-state index in [1.165, 1.54) is 6.07 Å². The zero-order chi connectivity index (χ0) is 11.9. The van der Waals surface area contributed by atoms with E-state index >= 15 is 0 Å². The van der Waals surface area contributed by atoms with Crippen LogP contribution in [0, 0.1) is 11.3 Å². The molecule has 2 aromatic rings. The maximum Gasteiger partial charge on any atom is 0.208 e. The highest BCUT2D eigenvalue weighted by Crippen LogP contribution is 2.40. The number of hydrogen-bond donors (Lipinski definition) is 0. The first-order valence-corrected chi connectivity index (χ1v) is 5.72. The lowest BCUT2D eigenvalue weighted by Gasteiger charge is -2.00. The minimum absolute atomic E-state index is 0.239. The van der Waals surface area contributed by atoms with Gasteiger partial charge in [0.15, 0.2) is 5.58 Å². The van der Waals surface area contributed by atoms with Gasteiger partial charge in [-0.2, -0.15) is 5.26 Å². The number of fused-ring (bicyclic) bond motifs is 1. The zero-order valence-electron chi connectivity index (χ0n) is 8.27. The largest absolute Gasteiger partial charge is 0.444 e. The van der Waals surface area contributed by atoms with Gasteiger partial charge in [-0.3, -0.25) is 0 Å². The molecule has 0 N–H and O–H groups in total. The third-order valence-corrected chi connectivity index (χ3v) is 3.43. The van der Waals surface area contributed by atoms with Crippen molar-refractivity contribution in [3.63, 3.8) is 0 Å². The number of nitriles is 1. The molecule has 0 radical (unpaired) electrons. The lowest BCUT2D eigenvalue weighted by molar-refractivity contribution is 0.594. The summed E-state index contributed by atoms with van der Waals surface area (Å²) in [5.74, 6) is 0.239. The van der Waals surface area contributed by atoms with Crippen LogP contribution in [0.5, 0.6) is 0 Å². The number of aryl methyl sites for hydroxylation is 1. The van der Waals surface area contributed by atoms with E-state index in [1.807, 2.05) is 13.0 Å². The van der Waals surface area contributed by atoms with Crippen molar-refractivity contribution in [1.29, 1.82) is 5.26 Å². The Bertz CT molecular complexity index is 610. The molecule has 82 valence electrons. The Balaban J connectivity index is 3.00. The fourth-order valence-corrected chi connectivity index (χ4v) is 2.41. The van der Waals surface area contributed by atoms with Gasteiger partial charge in [0, 0.05) is 10.9 Å². The van der Waals surface area contributed by atoms with E-state index in [4.69, 9.17) is 44.5 Å². The van der Waals surface area contributed by atoms with E-state index in [0.717, 1.165) is 5.56 Å². The molecule has 16 heavy (non-hydrogen) atoms. The molecule has 0 aliphatic carbocycles. The Labute approximate surface area is 107 Å². The molecule has 2 nitrogen and oxygen atoms in total. The fourth-order valence-electron chi connectivity index (χ4n) is 1.65. The molecule has 0 saturated carbocycles. The summed E-state index contributed by atoms with van der Waals surface area (Å²) in [6, 6.07) is 3.49. The van der Waals surface area contributed by atoms with Gasteiger partial charge < -0.3 is 4.42 Å². The Morgan fingerprint density at radius 3 is 2.56 bits per heavy atom. The summed E-state index contributed by atoms with van der Waals surface area (Å²) in [4.78, 5) is 0. The smallest absolute Gasteiger partial charge is 0.208 e. The molecule has 0 aliphatic heterocycles. The summed E-state index contributed by atoms with van der Waals surface area (Å²) in [6.07, 6.45) is 0.631. The average molecular weight is 275 g/mol. The van der Waals surface area contributed by atoms with Gasteiger partial charge in [0.1, 0.15) is 6.07 Å². The van der Waals surface area contributed by atoms with Crippen molar-refractivity contribution in [3.05, 3.63) is 32.5 Å². The van der Waals surface area contributed by atoms with E-state index in [-0.39, 0.29) is 5.76 Å². The van der Waals surface area contributed by atoms with Crippen LogP contribution in [0.4, 0.5) is 0 Å². The van der Waals surface area contributed by atoms with Gasteiger partial charge in [-0.1, -0.05) is 41.7 Å². The van der Waals surface area contributed by atoms with Gasteiger partial charge in [0.25, 0.3) is 0 Å². The standard InChI is InChI=1S/C11H6Cl3NO/c1-2-5-8(4-15)16-11-7(13)3-6(12)10(14)9(5)11/h3H,2H2,1H3. The number of rotatable bonds is 1. The first-order valence-electron chi connectivity index (χ1n) is 4.59. The third kappa shape index (κ3) is 1.56. The first-order chi connectivity index (χ1) is 7.60. The van der Waals surface area contributed by atoms with Crippen molar-refractivity contribution >= 4 is 45.8 Å². The number of halogens is 3. The van der Waals surface area contributed by atoms with Crippen molar-refractivity contribution in [3.8, 4) is 6.07 Å². The molecule has 0 bridgehead atoms. The van der Waals surface area contributed by atoms with Gasteiger partial charge in [0.2, 0.25) is 5.76 Å². The molecule has 0 fully saturated rings. The second-order valence-corrected chi connectivity index (χ2v) is 4.43. The van der Waals surface area contributed by atoms with Crippen LogP contribution in [0.1, 0.15) is 18.2 Å². The van der Waals surface area contributed by atoms with Crippen LogP contribution >= 0.6 is 34.8 Å². The Morgan fingerprint density at radius 1 is 1.31 bits per heavy atom. The van der Waals surface area contributed by atoms with Gasteiger partial charge in [0.05, 0.1) is 15.1 Å². The quantitative estimate of drug-likeness (QED) is 0.699. The van der Waals surface area contributed by atoms with Crippen LogP contribution in [0.3, 0.4) is 0 Å². The third-order valence-electron chi connectivity index (χ3n) is 2.36. The zero-order valence-corrected chi connectivity index (χ0v) is 10.5. The molecular weight excluding hydrogens is 268 g/mol. The van der Waals surface area contributed by atoms with Gasteiger partial charge in [-0.15, -0.1) is 0 Å². The van der Waals surface area contributed by atoms with Gasteiger partial charge in [-0.25, -0.2) is 0 Å². The lowest BCUT2D eigenvalue weighted by Crippen LogP contribution is -1.82. The molecule has 0 saturated heterocycles. The predicted molar refractivity (Wildman–Crippen MR) is 65.3 cm³/mol. The molecule has 1 heterocycles. The van der Waals surface area contributed by atoms with Crippen LogP contribution in [0.25, 0.3) is 11.0 Å². The van der Waals surface area contributed by atoms with E-state index < -0.39 is 0 Å². The minimum Gasteiger partial charge on any atom is -0.444 e. The number of nitrogens with zero attached hydrogens (tertiary/aromatic N) is 1. The molecule has 0 atom stereocenters. The number of hydrogen-bond acceptors (Lipinski definition) is 2. The van der Waals surface area contributed by atoms with Crippen molar-refractivity contribution in [1.82, 2.24) is 0 Å². The van der Waals surface area contributed by atoms with Gasteiger partial charge >= 0.3 is 0 Å². The van der Waals surface area contributed by atoms with Crippen LogP contribution < -0.4 is 0 Å². The highest BCUT2D eigenvalue weighted by atomic mass is 35.5. The maximum atomic E-state index is 8.94. The fraction of sp³-hybridized carbons (Fsp3) is 0.182. The van der Waals surface area contributed by atoms with E-state index in [2.05, 4.69) is 0 Å². The van der Waals surface area contributed by atoms with Crippen LogP contribution in [0.2, 0.25) is 15.1 Å². The van der Waals surface area contributed by atoms with E-state index in [0.29, 0.717) is 32.5 Å². The first kappa shape index (κ1) is 11.6. The molecule has 0 unspecified atom stereocenters. The summed E-state index contributed by atoms with van der Waals surface area (Å²) in [5, 5.41) is 10.7. The average Bonchev–Trinajstić information content (AvgIpc) is 2.64. The minimum atomic E-state index is 0.239. The Hall–Kier alpha value is -0.880. The van der Waals surface area contributed by atoms with E-state index in [9.17, 15) is 0 Å². The summed E-state index contributed by atoms with van der Waals surface area (Å²) in [6.45, 7) is 1.91. The normalized spacial score (nSPS) is 10.7. The van der Waals surface area contributed by atoms with Crippen LogP contribution in [-0.2, 0) is 6.42 Å². The number of benzene rings is 1. The summed E-state index contributed by atoms with van der Waals surface area (Å²) >= 11 is 18.0. The molecule has 0 amide bonds. The second kappa shape index (κ2) is 4.18. The van der Waals surface area contributed by atoms with Crippen molar-refractivity contribution in [2.75, 3.05) is 0 Å². The van der Waals surface area contributed by atoms with Crippen molar-refractivity contribution in [2.24, 2.45) is 0 Å². The highest BCUT2D eigenvalue weighted by Gasteiger charge is 2.19. The highest BCUT2D eigenvalue weighted by molar-refractivity contribution is 6.47. The monoisotopic (exact) mass is 273 g/mol. The summed E-state index contributed by atoms with van der Waals surface area (Å²) in [7, 11) is 0. The molecule has 1 aromatic heterocycles. The topological polar surface area (TPSA) is 36.9 Å². The Kier molecular flexibility index (Phi) is 3.03. The molecule has 0 spiro atoms. The second-order valence-electron chi connectivity index (χ2n) is 3.23. The molecule has 1 aromatic carbocycles. The Morgan fingerprint density at radius 2 is 2.00 bits per heavy atom. The predicted octanol–water partition coefficient (Wildman–Crippen LogP) is 4.83. The molecular formula is C11H6Cl3NO. The van der Waals surface area contributed by atoms with Crippen molar-refractivity contribution < 1.29 is 4.42 Å². The SMILES string of the molecule is CCc1c(C#N)oc2c(Cl)cc(Cl)c(Cl)c12. The van der Waals surface area contributed by atoms with Gasteiger partial charge in [-0.05, 0) is 12.5 Å². The summed E-state index contributed by atoms with van der Waals surface area (Å²) < 4.78 is 5.37. The molecule has 5 heteroatoms. The number of furan rings is 1. The summed E-state index contributed by atoms with van der Waals surface area (Å²) in [5.41, 5.74) is 1.16. The molecule has 2 rings (SSSR count). The van der Waals surface area contributed by atoms with E-state index in [1.54, 1.807) is 0 Å². The maximum absolute atomic E-state index is 8.94. The molecule has 0 aliphatic rings. The van der Waals surface area contributed by atoms with Crippen LogP contribution in [-0.4, -0.2) is 0 Å². The lowest BCUT2D eigenvalue weighted by atomic mass is 10.1. The van der Waals surface area contributed by atoms with Crippen molar-refractivity contribution in [2.45, 2.75) is 13.3 Å².